The monoisotopic (exact) mass is 336 g/mol. The number of hydrogen-bond donors (Lipinski definition) is 2. The van der Waals surface area contributed by atoms with Gasteiger partial charge in [0.15, 0.2) is 0 Å². The highest BCUT2D eigenvalue weighted by Gasteiger charge is 2.17. The number of aliphatic hydroxyl groups is 1. The highest BCUT2D eigenvalue weighted by Crippen LogP contribution is 2.16. The summed E-state index contributed by atoms with van der Waals surface area (Å²) in [5.74, 6) is 2.07. The van der Waals surface area contributed by atoms with Gasteiger partial charge in [0.2, 0.25) is 5.91 Å². The second kappa shape index (κ2) is 9.96. The maximum Gasteiger partial charge on any atom is 0.221 e. The van der Waals surface area contributed by atoms with Crippen molar-refractivity contribution < 1.29 is 9.90 Å². The summed E-state index contributed by atoms with van der Waals surface area (Å²) in [6.45, 7) is 5.48. The predicted octanol–water partition coefficient (Wildman–Crippen LogP) is 2.40. The molecule has 0 aromatic heterocycles. The van der Waals surface area contributed by atoms with E-state index in [2.05, 4.69) is 35.3 Å². The first-order chi connectivity index (χ1) is 11.2. The fraction of sp³-hybridized carbons (Fsp3) is 0.611. The zero-order valence-corrected chi connectivity index (χ0v) is 14.8. The van der Waals surface area contributed by atoms with Gasteiger partial charge in [-0.05, 0) is 29.7 Å². The molecular weight excluding hydrogens is 308 g/mol. The molecule has 0 atom stereocenters. The lowest BCUT2D eigenvalue weighted by molar-refractivity contribution is -0.120. The lowest BCUT2D eigenvalue weighted by Gasteiger charge is -2.30. The maximum absolute atomic E-state index is 11.9. The summed E-state index contributed by atoms with van der Waals surface area (Å²) in [7, 11) is 0. The number of nitrogens with zero attached hydrogens (tertiary/aromatic N) is 1. The van der Waals surface area contributed by atoms with Gasteiger partial charge in [-0.2, -0.15) is 11.8 Å². The summed E-state index contributed by atoms with van der Waals surface area (Å²) in [5, 5.41) is 12.6. The van der Waals surface area contributed by atoms with E-state index in [1.807, 2.05) is 6.07 Å². The highest BCUT2D eigenvalue weighted by molar-refractivity contribution is 7.99. The van der Waals surface area contributed by atoms with E-state index in [4.69, 9.17) is 0 Å². The van der Waals surface area contributed by atoms with Crippen molar-refractivity contribution in [2.75, 3.05) is 24.6 Å². The van der Waals surface area contributed by atoms with Crippen LogP contribution in [0, 0.1) is 0 Å². The second-order valence-corrected chi connectivity index (χ2v) is 7.39. The highest BCUT2D eigenvalue weighted by atomic mass is 32.2. The number of aliphatic hydroxyl groups excluding tert-OH is 1. The molecule has 0 bridgehead atoms. The molecule has 128 valence electrons. The Morgan fingerprint density at radius 3 is 2.70 bits per heavy atom. The lowest BCUT2D eigenvalue weighted by Crippen LogP contribution is -2.35. The first kappa shape index (κ1) is 18.3. The minimum absolute atomic E-state index is 0.127. The third-order valence-corrected chi connectivity index (χ3v) is 5.12. The molecule has 0 unspecified atom stereocenters. The molecule has 1 aromatic carbocycles. The molecule has 1 fully saturated rings. The largest absolute Gasteiger partial charge is 0.393 e. The van der Waals surface area contributed by atoms with Crippen LogP contribution in [0.4, 0.5) is 0 Å². The van der Waals surface area contributed by atoms with E-state index in [1.165, 1.54) is 11.1 Å². The summed E-state index contributed by atoms with van der Waals surface area (Å²) in [6.07, 6.45) is 2.16. The van der Waals surface area contributed by atoms with E-state index in [0.29, 0.717) is 13.0 Å². The molecule has 1 aliphatic heterocycles. The molecular formula is C18H28N2O2S. The Kier molecular flexibility index (Phi) is 7.92. The smallest absolute Gasteiger partial charge is 0.221 e. The van der Waals surface area contributed by atoms with Crippen LogP contribution in [0.3, 0.4) is 0 Å². The van der Waals surface area contributed by atoms with E-state index < -0.39 is 0 Å². The van der Waals surface area contributed by atoms with Gasteiger partial charge in [-0.25, -0.2) is 0 Å². The molecule has 0 aliphatic carbocycles. The minimum atomic E-state index is -0.137. The normalized spacial score (nSPS) is 16.4. The first-order valence-corrected chi connectivity index (χ1v) is 9.66. The number of rotatable bonds is 8. The molecule has 5 heteroatoms. The number of carbonyl (C=O) groups is 1. The second-order valence-electron chi connectivity index (χ2n) is 6.00. The van der Waals surface area contributed by atoms with Gasteiger partial charge in [0.1, 0.15) is 0 Å². The van der Waals surface area contributed by atoms with Gasteiger partial charge >= 0.3 is 0 Å². The van der Waals surface area contributed by atoms with Crippen molar-refractivity contribution in [3.63, 3.8) is 0 Å². The molecule has 0 spiro atoms. The molecule has 2 N–H and O–H groups in total. The Hall–Kier alpha value is -1.04. The topological polar surface area (TPSA) is 52.6 Å². The molecule has 1 heterocycles. The molecule has 0 radical (unpaired) electrons. The summed E-state index contributed by atoms with van der Waals surface area (Å²) in [4.78, 5) is 14.2. The van der Waals surface area contributed by atoms with Gasteiger partial charge in [-0.15, -0.1) is 0 Å². The average molecular weight is 337 g/mol. The summed E-state index contributed by atoms with van der Waals surface area (Å²) < 4.78 is 0. The maximum atomic E-state index is 11.9. The number of likely N-dealkylation sites (tertiary alicyclic amines) is 1. The Balaban J connectivity index is 1.83. The molecule has 1 aromatic rings. The van der Waals surface area contributed by atoms with E-state index in [1.54, 1.807) is 11.8 Å². The van der Waals surface area contributed by atoms with Crippen LogP contribution in [-0.2, 0) is 17.9 Å². The van der Waals surface area contributed by atoms with E-state index in [9.17, 15) is 9.90 Å². The van der Waals surface area contributed by atoms with Gasteiger partial charge in [0.05, 0.1) is 6.10 Å². The number of piperidine rings is 1. The van der Waals surface area contributed by atoms with Crippen molar-refractivity contribution in [1.82, 2.24) is 10.2 Å². The number of thioether (sulfide) groups is 1. The van der Waals surface area contributed by atoms with Crippen LogP contribution in [0.15, 0.2) is 24.3 Å². The molecule has 2 rings (SSSR count). The van der Waals surface area contributed by atoms with Crippen molar-refractivity contribution in [3.05, 3.63) is 35.4 Å². The standard InChI is InChI=1S/C18H28N2O2S/c1-2-23-12-9-18(22)19-13-15-5-3-4-6-16(15)14-20-10-7-17(21)8-11-20/h3-6,17,21H,2,7-14H2,1H3,(H,19,22). The Bertz CT molecular complexity index is 488. The van der Waals surface area contributed by atoms with Gasteiger partial charge in [0, 0.05) is 38.4 Å². The summed E-state index contributed by atoms with van der Waals surface area (Å²) in [6, 6.07) is 8.31. The van der Waals surface area contributed by atoms with Crippen LogP contribution in [0.25, 0.3) is 0 Å². The van der Waals surface area contributed by atoms with Crippen molar-refractivity contribution in [2.45, 2.75) is 45.4 Å². The molecule has 23 heavy (non-hydrogen) atoms. The van der Waals surface area contributed by atoms with Crippen molar-refractivity contribution >= 4 is 17.7 Å². The number of amides is 1. The van der Waals surface area contributed by atoms with E-state index in [-0.39, 0.29) is 12.0 Å². The van der Waals surface area contributed by atoms with Crippen molar-refractivity contribution in [2.24, 2.45) is 0 Å². The van der Waals surface area contributed by atoms with Crippen LogP contribution in [-0.4, -0.2) is 46.6 Å². The lowest BCUT2D eigenvalue weighted by atomic mass is 10.0. The van der Waals surface area contributed by atoms with Gasteiger partial charge in [0.25, 0.3) is 0 Å². The van der Waals surface area contributed by atoms with E-state index >= 15 is 0 Å². The zero-order chi connectivity index (χ0) is 16.5. The SMILES string of the molecule is CCSCCC(=O)NCc1ccccc1CN1CCC(O)CC1. The molecule has 1 aliphatic rings. The predicted molar refractivity (Wildman–Crippen MR) is 96.4 cm³/mol. The Morgan fingerprint density at radius 2 is 2.00 bits per heavy atom. The quantitative estimate of drug-likeness (QED) is 0.716. The van der Waals surface area contributed by atoms with Crippen molar-refractivity contribution in [1.29, 1.82) is 0 Å². The zero-order valence-electron chi connectivity index (χ0n) is 14.0. The third-order valence-electron chi connectivity index (χ3n) is 4.22. The van der Waals surface area contributed by atoms with Gasteiger partial charge < -0.3 is 10.4 Å². The molecule has 1 amide bonds. The molecule has 4 nitrogen and oxygen atoms in total. The summed E-state index contributed by atoms with van der Waals surface area (Å²) >= 11 is 1.80. The Morgan fingerprint density at radius 1 is 1.30 bits per heavy atom. The van der Waals surface area contributed by atoms with Gasteiger partial charge in [-0.3, -0.25) is 9.69 Å². The van der Waals surface area contributed by atoms with Crippen LogP contribution < -0.4 is 5.32 Å². The third kappa shape index (κ3) is 6.53. The van der Waals surface area contributed by atoms with Crippen LogP contribution in [0.1, 0.15) is 37.3 Å². The number of carbonyl (C=O) groups excluding carboxylic acids is 1. The molecule has 0 saturated carbocycles. The summed E-state index contributed by atoms with van der Waals surface area (Å²) in [5.41, 5.74) is 2.46. The number of benzene rings is 1. The first-order valence-electron chi connectivity index (χ1n) is 8.50. The number of nitrogens with one attached hydrogen (secondary N) is 1. The van der Waals surface area contributed by atoms with Crippen LogP contribution in [0.5, 0.6) is 0 Å². The Labute approximate surface area is 143 Å². The fourth-order valence-electron chi connectivity index (χ4n) is 2.79. The van der Waals surface area contributed by atoms with Crippen LogP contribution >= 0.6 is 11.8 Å². The van der Waals surface area contributed by atoms with Crippen molar-refractivity contribution in [3.8, 4) is 0 Å². The fourth-order valence-corrected chi connectivity index (χ4v) is 3.41. The van der Waals surface area contributed by atoms with Gasteiger partial charge in [-0.1, -0.05) is 31.2 Å². The average Bonchev–Trinajstić information content (AvgIpc) is 2.56. The minimum Gasteiger partial charge on any atom is -0.393 e. The number of hydrogen-bond acceptors (Lipinski definition) is 4. The van der Waals surface area contributed by atoms with E-state index in [0.717, 1.165) is 44.0 Å². The van der Waals surface area contributed by atoms with Crippen LogP contribution in [0.2, 0.25) is 0 Å². The molecule has 1 saturated heterocycles.